The quantitative estimate of drug-likeness (QED) is 0.784. The van der Waals surface area contributed by atoms with Crippen molar-refractivity contribution in [2.24, 2.45) is 0 Å². The highest BCUT2D eigenvalue weighted by Crippen LogP contribution is 2.23. The summed E-state index contributed by atoms with van der Waals surface area (Å²) >= 11 is 3.51. The predicted octanol–water partition coefficient (Wildman–Crippen LogP) is 2.47. The minimum Gasteiger partial charge on any atom is -0.396 e. The van der Waals surface area contributed by atoms with Gasteiger partial charge in [-0.25, -0.2) is 4.98 Å². The van der Waals surface area contributed by atoms with Gasteiger partial charge in [-0.05, 0) is 47.3 Å². The number of nitrogens with one attached hydrogen (secondary N) is 1. The fourth-order valence-corrected chi connectivity index (χ4v) is 2.94. The average molecular weight is 354 g/mol. The lowest BCUT2D eigenvalue weighted by Gasteiger charge is -2.07. The monoisotopic (exact) mass is 353 g/mol. The maximum atomic E-state index is 12.4. The highest BCUT2D eigenvalue weighted by atomic mass is 79.9. The number of carbonyl (C=O) groups is 1. The Labute approximate surface area is 132 Å². The van der Waals surface area contributed by atoms with Crippen LogP contribution >= 0.6 is 15.9 Å². The first-order valence-corrected chi connectivity index (χ1v) is 7.94. The Hall–Kier alpha value is -1.40. The van der Waals surface area contributed by atoms with E-state index in [0.29, 0.717) is 18.7 Å². The Morgan fingerprint density at radius 2 is 2.29 bits per heavy atom. The van der Waals surface area contributed by atoms with Crippen LogP contribution in [0.25, 0.3) is 5.65 Å². The van der Waals surface area contributed by atoms with Gasteiger partial charge in [-0.15, -0.1) is 0 Å². The summed E-state index contributed by atoms with van der Waals surface area (Å²) < 4.78 is 2.73. The molecule has 0 saturated heterocycles. The standard InChI is InChI=1S/C15H20BrN3O2/c1-3-5-12-13(15(21)17-6-4-7-20)19-9-10(2)8-11(16)14(19)18-12/h8-9,20H,3-7H2,1-2H3,(H,17,21). The third-order valence-electron chi connectivity index (χ3n) is 3.21. The van der Waals surface area contributed by atoms with E-state index in [2.05, 4.69) is 33.2 Å². The Balaban J connectivity index is 2.47. The summed E-state index contributed by atoms with van der Waals surface area (Å²) in [4.78, 5) is 17.0. The minimum absolute atomic E-state index is 0.0694. The van der Waals surface area contributed by atoms with Gasteiger partial charge in [-0.1, -0.05) is 13.3 Å². The highest BCUT2D eigenvalue weighted by molar-refractivity contribution is 9.10. The number of aliphatic hydroxyl groups excluding tert-OH is 1. The van der Waals surface area contributed by atoms with Crippen LogP contribution in [0.3, 0.4) is 0 Å². The van der Waals surface area contributed by atoms with Gasteiger partial charge < -0.3 is 10.4 Å². The number of aromatic nitrogens is 2. The molecule has 0 saturated carbocycles. The molecule has 1 amide bonds. The molecule has 2 rings (SSSR count). The molecule has 114 valence electrons. The molecule has 21 heavy (non-hydrogen) atoms. The molecule has 0 fully saturated rings. The maximum absolute atomic E-state index is 12.4. The van der Waals surface area contributed by atoms with Gasteiger partial charge in [0.1, 0.15) is 5.69 Å². The lowest BCUT2D eigenvalue weighted by Crippen LogP contribution is -2.27. The summed E-state index contributed by atoms with van der Waals surface area (Å²) in [6, 6.07) is 1.99. The molecule has 0 aromatic carbocycles. The second-order valence-electron chi connectivity index (χ2n) is 5.05. The molecule has 5 nitrogen and oxygen atoms in total. The van der Waals surface area contributed by atoms with Crippen LogP contribution < -0.4 is 5.32 Å². The normalized spacial score (nSPS) is 11.0. The molecule has 0 aliphatic carbocycles. The number of carbonyl (C=O) groups excluding carboxylic acids is 1. The van der Waals surface area contributed by atoms with Crippen molar-refractivity contribution in [1.82, 2.24) is 14.7 Å². The second kappa shape index (κ2) is 7.04. The second-order valence-corrected chi connectivity index (χ2v) is 5.90. The van der Waals surface area contributed by atoms with Crippen molar-refractivity contribution in [3.05, 3.63) is 33.7 Å². The van der Waals surface area contributed by atoms with E-state index < -0.39 is 0 Å². The fraction of sp³-hybridized carbons (Fsp3) is 0.467. The molecular formula is C15H20BrN3O2. The van der Waals surface area contributed by atoms with E-state index in [1.165, 1.54) is 0 Å². The predicted molar refractivity (Wildman–Crippen MR) is 85.7 cm³/mol. The molecule has 2 aromatic rings. The molecule has 0 atom stereocenters. The molecule has 2 N–H and O–H groups in total. The number of hydrogen-bond acceptors (Lipinski definition) is 3. The largest absolute Gasteiger partial charge is 0.396 e. The molecular weight excluding hydrogens is 334 g/mol. The minimum atomic E-state index is -0.142. The van der Waals surface area contributed by atoms with E-state index in [1.54, 1.807) is 0 Å². The van der Waals surface area contributed by atoms with Gasteiger partial charge >= 0.3 is 0 Å². The third-order valence-corrected chi connectivity index (χ3v) is 3.79. The van der Waals surface area contributed by atoms with Crippen LogP contribution in [0.2, 0.25) is 0 Å². The molecule has 0 bridgehead atoms. The van der Waals surface area contributed by atoms with Crippen molar-refractivity contribution in [3.8, 4) is 0 Å². The molecule has 0 radical (unpaired) electrons. The van der Waals surface area contributed by atoms with Gasteiger partial charge in [-0.3, -0.25) is 9.20 Å². The molecule has 2 aromatic heterocycles. The Morgan fingerprint density at radius 3 is 2.95 bits per heavy atom. The summed E-state index contributed by atoms with van der Waals surface area (Å²) in [5.74, 6) is -0.142. The van der Waals surface area contributed by atoms with E-state index in [-0.39, 0.29) is 12.5 Å². The zero-order valence-corrected chi connectivity index (χ0v) is 13.9. The van der Waals surface area contributed by atoms with Gasteiger partial charge in [0.25, 0.3) is 5.91 Å². The van der Waals surface area contributed by atoms with E-state index >= 15 is 0 Å². The summed E-state index contributed by atoms with van der Waals surface area (Å²) in [5, 5.41) is 11.7. The lowest BCUT2D eigenvalue weighted by atomic mass is 10.2. The van der Waals surface area contributed by atoms with Crippen LogP contribution in [0.1, 0.15) is 41.5 Å². The number of aliphatic hydroxyl groups is 1. The number of imidazole rings is 1. The van der Waals surface area contributed by atoms with Crippen LogP contribution in [0.5, 0.6) is 0 Å². The van der Waals surface area contributed by atoms with E-state index in [4.69, 9.17) is 5.11 Å². The Kier molecular flexibility index (Phi) is 5.36. The molecule has 0 unspecified atom stereocenters. The van der Waals surface area contributed by atoms with Crippen molar-refractivity contribution in [2.75, 3.05) is 13.2 Å². The number of nitrogens with zero attached hydrogens (tertiary/aromatic N) is 2. The van der Waals surface area contributed by atoms with Crippen molar-refractivity contribution < 1.29 is 9.90 Å². The zero-order chi connectivity index (χ0) is 15.4. The van der Waals surface area contributed by atoms with Crippen molar-refractivity contribution in [3.63, 3.8) is 0 Å². The first kappa shape index (κ1) is 16.0. The third kappa shape index (κ3) is 3.44. The number of aryl methyl sites for hydroxylation is 2. The molecule has 2 heterocycles. The van der Waals surface area contributed by atoms with Crippen molar-refractivity contribution in [1.29, 1.82) is 0 Å². The SMILES string of the molecule is CCCc1nc2c(Br)cc(C)cn2c1C(=O)NCCCO. The van der Waals surface area contributed by atoms with Crippen LogP contribution in [-0.2, 0) is 6.42 Å². The number of rotatable bonds is 6. The summed E-state index contributed by atoms with van der Waals surface area (Å²) in [6.45, 7) is 4.58. The molecule has 6 heteroatoms. The average Bonchev–Trinajstić information content (AvgIpc) is 2.78. The number of halogens is 1. The van der Waals surface area contributed by atoms with E-state index in [0.717, 1.165) is 34.2 Å². The van der Waals surface area contributed by atoms with E-state index in [1.807, 2.05) is 23.6 Å². The van der Waals surface area contributed by atoms with Crippen LogP contribution in [0, 0.1) is 6.92 Å². The smallest absolute Gasteiger partial charge is 0.270 e. The molecule has 0 aliphatic heterocycles. The van der Waals surface area contributed by atoms with Crippen LogP contribution in [0.4, 0.5) is 0 Å². The topological polar surface area (TPSA) is 66.6 Å². The summed E-state index contributed by atoms with van der Waals surface area (Å²) in [6.07, 6.45) is 4.16. The molecule has 0 spiro atoms. The number of hydrogen-bond donors (Lipinski definition) is 2. The van der Waals surface area contributed by atoms with Gasteiger partial charge in [0.15, 0.2) is 5.65 Å². The lowest BCUT2D eigenvalue weighted by molar-refractivity contribution is 0.0944. The Bertz CT molecular complexity index is 652. The van der Waals surface area contributed by atoms with Crippen molar-refractivity contribution in [2.45, 2.75) is 33.1 Å². The van der Waals surface area contributed by atoms with Crippen LogP contribution in [0.15, 0.2) is 16.7 Å². The fourth-order valence-electron chi connectivity index (χ4n) is 2.30. The maximum Gasteiger partial charge on any atom is 0.270 e. The van der Waals surface area contributed by atoms with Gasteiger partial charge in [0.2, 0.25) is 0 Å². The number of fused-ring (bicyclic) bond motifs is 1. The summed E-state index contributed by atoms with van der Waals surface area (Å²) in [5.41, 5.74) is 3.22. The van der Waals surface area contributed by atoms with Gasteiger partial charge in [0, 0.05) is 19.3 Å². The van der Waals surface area contributed by atoms with Crippen molar-refractivity contribution >= 4 is 27.5 Å². The molecule has 0 aliphatic rings. The zero-order valence-electron chi connectivity index (χ0n) is 12.3. The first-order valence-electron chi connectivity index (χ1n) is 7.14. The van der Waals surface area contributed by atoms with Gasteiger partial charge in [0.05, 0.1) is 10.2 Å². The Morgan fingerprint density at radius 1 is 1.52 bits per heavy atom. The van der Waals surface area contributed by atoms with E-state index in [9.17, 15) is 4.79 Å². The number of pyridine rings is 1. The van der Waals surface area contributed by atoms with Gasteiger partial charge in [-0.2, -0.15) is 0 Å². The highest BCUT2D eigenvalue weighted by Gasteiger charge is 2.19. The summed E-state index contributed by atoms with van der Waals surface area (Å²) in [7, 11) is 0. The van der Waals surface area contributed by atoms with Crippen LogP contribution in [-0.4, -0.2) is 33.6 Å². The number of amides is 1. The first-order chi connectivity index (χ1) is 10.1.